The van der Waals surface area contributed by atoms with E-state index in [0.29, 0.717) is 6.92 Å². The van der Waals surface area contributed by atoms with E-state index in [1.165, 1.54) is 0 Å². The van der Waals surface area contributed by atoms with Crippen molar-refractivity contribution in [3.63, 3.8) is 0 Å². The number of carbonyl (C=O) groups is 1. The molecule has 5 nitrogen and oxygen atoms in total. The molecule has 3 atom stereocenters. The number of hydrogen-bond acceptors (Lipinski definition) is 4. The van der Waals surface area contributed by atoms with Crippen LogP contribution in [0.4, 0.5) is 39.5 Å². The van der Waals surface area contributed by atoms with Crippen molar-refractivity contribution in [1.82, 2.24) is 0 Å². The summed E-state index contributed by atoms with van der Waals surface area (Å²) in [6.45, 7) is -3.22. The lowest BCUT2D eigenvalue weighted by atomic mass is 10.3. The summed E-state index contributed by atoms with van der Waals surface area (Å²) in [5, 5.41) is 8.28. The van der Waals surface area contributed by atoms with Crippen LogP contribution in [0.25, 0.3) is 0 Å². The zero-order chi connectivity index (χ0) is 20.1. The van der Waals surface area contributed by atoms with Crippen molar-refractivity contribution in [2.45, 2.75) is 43.8 Å². The van der Waals surface area contributed by atoms with Gasteiger partial charge in [0, 0.05) is 0 Å². The second-order valence-corrected chi connectivity index (χ2v) is 4.55. The molecule has 0 aromatic carbocycles. The van der Waals surface area contributed by atoms with Crippen LogP contribution in [0.5, 0.6) is 0 Å². The van der Waals surface area contributed by atoms with Crippen molar-refractivity contribution in [3.8, 4) is 0 Å². The highest BCUT2D eigenvalue weighted by molar-refractivity contribution is 5.73. The molecular formula is C11H13F9O5. The van der Waals surface area contributed by atoms with Crippen LogP contribution in [0, 0.1) is 0 Å². The lowest BCUT2D eigenvalue weighted by Gasteiger charge is -2.24. The number of hydrogen-bond donors (Lipinski definition) is 1. The maximum atomic E-state index is 12.6. The molecule has 0 heterocycles. The van der Waals surface area contributed by atoms with Gasteiger partial charge < -0.3 is 19.3 Å². The van der Waals surface area contributed by atoms with Gasteiger partial charge in [0.2, 0.25) is 0 Å². The normalized spacial score (nSPS) is 17.2. The first-order valence-electron chi connectivity index (χ1n) is 6.34. The fourth-order valence-electron chi connectivity index (χ4n) is 1.24. The number of aliphatic carboxylic acids is 1. The van der Waals surface area contributed by atoms with Crippen LogP contribution in [0.1, 0.15) is 6.92 Å². The van der Waals surface area contributed by atoms with Crippen LogP contribution in [0.3, 0.4) is 0 Å². The van der Waals surface area contributed by atoms with Crippen molar-refractivity contribution in [2.75, 3.05) is 19.8 Å². The number of carboxylic acids is 1. The molecular weight excluding hydrogens is 383 g/mol. The molecule has 0 radical (unpaired) electrons. The Morgan fingerprint density at radius 1 is 0.840 bits per heavy atom. The first-order chi connectivity index (χ1) is 11.1. The Labute approximate surface area is 134 Å². The lowest BCUT2D eigenvalue weighted by molar-refractivity contribution is -0.267. The molecule has 0 spiro atoms. The summed E-state index contributed by atoms with van der Waals surface area (Å²) < 4.78 is 123. The van der Waals surface area contributed by atoms with E-state index in [0.717, 1.165) is 0 Å². The molecule has 0 aromatic rings. The molecule has 25 heavy (non-hydrogen) atoms. The van der Waals surface area contributed by atoms with Crippen LogP contribution in [-0.4, -0.2) is 67.7 Å². The molecule has 0 rings (SSSR count). The zero-order valence-electron chi connectivity index (χ0n) is 12.3. The van der Waals surface area contributed by atoms with Crippen molar-refractivity contribution < 1.29 is 63.6 Å². The van der Waals surface area contributed by atoms with Crippen molar-refractivity contribution in [1.29, 1.82) is 0 Å². The molecule has 0 aliphatic carbocycles. The Morgan fingerprint density at radius 3 is 1.68 bits per heavy atom. The SMILES string of the molecule is CC(OCCOC(COC(C(=O)O)C(F)(F)F)C(F)(F)F)C(F)(F)F. The van der Waals surface area contributed by atoms with Gasteiger partial charge in [-0.2, -0.15) is 39.5 Å². The average molecular weight is 396 g/mol. The van der Waals surface area contributed by atoms with E-state index in [1.54, 1.807) is 0 Å². The Morgan fingerprint density at radius 2 is 1.32 bits per heavy atom. The average Bonchev–Trinajstić information content (AvgIpc) is 2.36. The molecule has 0 saturated carbocycles. The zero-order valence-corrected chi connectivity index (χ0v) is 12.3. The molecule has 3 unspecified atom stereocenters. The molecule has 0 aliphatic rings. The highest BCUT2D eigenvalue weighted by Gasteiger charge is 2.49. The van der Waals surface area contributed by atoms with Gasteiger partial charge in [-0.25, -0.2) is 4.79 Å². The summed E-state index contributed by atoms with van der Waals surface area (Å²) >= 11 is 0. The largest absolute Gasteiger partial charge is 0.479 e. The Kier molecular flexibility index (Phi) is 8.44. The van der Waals surface area contributed by atoms with Crippen LogP contribution < -0.4 is 0 Å². The van der Waals surface area contributed by atoms with E-state index in [2.05, 4.69) is 14.2 Å². The van der Waals surface area contributed by atoms with E-state index < -0.39 is 62.6 Å². The van der Waals surface area contributed by atoms with E-state index >= 15 is 0 Å². The number of carboxylic acid groups (broad SMARTS) is 1. The van der Waals surface area contributed by atoms with Gasteiger partial charge in [0.1, 0.15) is 0 Å². The first-order valence-corrected chi connectivity index (χ1v) is 6.34. The minimum Gasteiger partial charge on any atom is -0.479 e. The third kappa shape index (κ3) is 9.11. The maximum absolute atomic E-state index is 12.6. The fourth-order valence-corrected chi connectivity index (χ4v) is 1.24. The molecule has 0 amide bonds. The van der Waals surface area contributed by atoms with Crippen LogP contribution in [-0.2, 0) is 19.0 Å². The third-order valence-electron chi connectivity index (χ3n) is 2.53. The molecule has 0 aromatic heterocycles. The summed E-state index contributed by atoms with van der Waals surface area (Å²) in [7, 11) is 0. The second-order valence-electron chi connectivity index (χ2n) is 4.55. The van der Waals surface area contributed by atoms with Gasteiger partial charge in [-0.1, -0.05) is 0 Å². The summed E-state index contributed by atoms with van der Waals surface area (Å²) in [6.07, 6.45) is -24.3. The summed E-state index contributed by atoms with van der Waals surface area (Å²) in [5.74, 6) is -2.56. The fraction of sp³-hybridized carbons (Fsp3) is 0.909. The van der Waals surface area contributed by atoms with E-state index in [4.69, 9.17) is 5.11 Å². The van der Waals surface area contributed by atoms with Gasteiger partial charge in [-0.3, -0.25) is 0 Å². The minimum atomic E-state index is -5.47. The lowest BCUT2D eigenvalue weighted by Crippen LogP contribution is -2.44. The molecule has 150 valence electrons. The smallest absolute Gasteiger partial charge is 0.425 e. The third-order valence-corrected chi connectivity index (χ3v) is 2.53. The summed E-state index contributed by atoms with van der Waals surface area (Å²) in [4.78, 5) is 10.3. The Bertz CT molecular complexity index is 418. The molecule has 0 aliphatic heterocycles. The standard InChI is InChI=1S/C11H13F9O5/c1-5(9(12,13)14)23-2-3-24-6(10(15,16)17)4-25-7(8(21)22)11(18,19)20/h5-7H,2-4H2,1H3,(H,21,22). The number of rotatable bonds is 9. The van der Waals surface area contributed by atoms with Gasteiger partial charge in [0.25, 0.3) is 6.10 Å². The number of halogens is 9. The van der Waals surface area contributed by atoms with Crippen molar-refractivity contribution in [3.05, 3.63) is 0 Å². The first kappa shape index (κ1) is 23.7. The van der Waals surface area contributed by atoms with Gasteiger partial charge >= 0.3 is 24.5 Å². The molecule has 1 N–H and O–H groups in total. The van der Waals surface area contributed by atoms with Gasteiger partial charge in [-0.05, 0) is 6.92 Å². The molecule has 0 fully saturated rings. The van der Waals surface area contributed by atoms with E-state index in [9.17, 15) is 44.3 Å². The summed E-state index contributed by atoms with van der Waals surface area (Å²) in [6, 6.07) is 0. The Hall–Kier alpha value is -1.28. The maximum Gasteiger partial charge on any atom is 0.425 e. The highest BCUT2D eigenvalue weighted by Crippen LogP contribution is 2.27. The second kappa shape index (κ2) is 8.89. The van der Waals surface area contributed by atoms with Gasteiger partial charge in [0.15, 0.2) is 12.2 Å². The number of alkyl halides is 9. The van der Waals surface area contributed by atoms with Crippen LogP contribution >= 0.6 is 0 Å². The van der Waals surface area contributed by atoms with Crippen molar-refractivity contribution >= 4 is 5.97 Å². The monoisotopic (exact) mass is 396 g/mol. The predicted octanol–water partition coefficient (Wildman–Crippen LogP) is 2.93. The predicted molar refractivity (Wildman–Crippen MR) is 60.7 cm³/mol. The summed E-state index contributed by atoms with van der Waals surface area (Å²) in [5.41, 5.74) is 0. The Balaban J connectivity index is 4.61. The van der Waals surface area contributed by atoms with Crippen molar-refractivity contribution in [2.24, 2.45) is 0 Å². The quantitative estimate of drug-likeness (QED) is 0.480. The molecule has 14 heteroatoms. The molecule has 0 saturated heterocycles. The van der Waals surface area contributed by atoms with Gasteiger partial charge in [-0.15, -0.1) is 0 Å². The molecule has 0 bridgehead atoms. The van der Waals surface area contributed by atoms with Crippen LogP contribution in [0.15, 0.2) is 0 Å². The van der Waals surface area contributed by atoms with E-state index in [-0.39, 0.29) is 0 Å². The van der Waals surface area contributed by atoms with E-state index in [1.807, 2.05) is 0 Å². The minimum absolute atomic E-state index is 0.588. The van der Waals surface area contributed by atoms with Crippen LogP contribution in [0.2, 0.25) is 0 Å². The number of ether oxygens (including phenoxy) is 3. The van der Waals surface area contributed by atoms with Gasteiger partial charge in [0.05, 0.1) is 19.8 Å². The topological polar surface area (TPSA) is 65.0 Å². The highest BCUT2D eigenvalue weighted by atomic mass is 19.4.